The molecule has 3 atom stereocenters. The zero-order chi connectivity index (χ0) is 27.4. The summed E-state index contributed by atoms with van der Waals surface area (Å²) in [6.07, 6.45) is 14.9. The van der Waals surface area contributed by atoms with E-state index in [1.165, 1.54) is 0 Å². The first-order chi connectivity index (χ1) is 18.2. The van der Waals surface area contributed by atoms with Crippen LogP contribution in [-0.4, -0.2) is 68.3 Å². The van der Waals surface area contributed by atoms with Gasteiger partial charge >= 0.3 is 6.18 Å². The summed E-state index contributed by atoms with van der Waals surface area (Å²) in [5.74, 6) is -0.764. The fraction of sp³-hybridized carbons (Fsp3) is 0.724. The molecule has 0 bridgehead atoms. The predicted molar refractivity (Wildman–Crippen MR) is 142 cm³/mol. The maximum Gasteiger partial charge on any atom is 0.405 e. The van der Waals surface area contributed by atoms with Crippen LogP contribution in [0.2, 0.25) is 0 Å². The normalized spacial score (nSPS) is 24.2. The van der Waals surface area contributed by atoms with Crippen molar-refractivity contribution in [1.29, 1.82) is 0 Å². The summed E-state index contributed by atoms with van der Waals surface area (Å²) in [6.45, 7) is 3.82. The number of piperidine rings is 1. The van der Waals surface area contributed by atoms with Crippen LogP contribution >= 0.6 is 0 Å². The Balaban J connectivity index is 1.60. The van der Waals surface area contributed by atoms with Crippen molar-refractivity contribution in [2.75, 3.05) is 39.4 Å². The number of carbonyl (C=O) groups excluding carboxylic acids is 2. The molecular formula is C29H44F3N3O3. The van der Waals surface area contributed by atoms with E-state index in [9.17, 15) is 22.8 Å². The molecule has 2 aliphatic carbocycles. The monoisotopic (exact) mass is 539 g/mol. The van der Waals surface area contributed by atoms with E-state index in [2.05, 4.69) is 27.7 Å². The fourth-order valence-corrected chi connectivity index (χ4v) is 6.16. The number of allylic oxidation sites excluding steroid dienone is 6. The van der Waals surface area contributed by atoms with E-state index < -0.39 is 24.0 Å². The first-order valence-corrected chi connectivity index (χ1v) is 14.2. The first kappa shape index (κ1) is 30.4. The summed E-state index contributed by atoms with van der Waals surface area (Å²) >= 11 is 0. The number of rotatable bonds is 13. The summed E-state index contributed by atoms with van der Waals surface area (Å²) in [5, 5.41) is 5.31. The molecule has 214 valence electrons. The van der Waals surface area contributed by atoms with Gasteiger partial charge in [0.15, 0.2) is 0 Å². The van der Waals surface area contributed by atoms with Crippen molar-refractivity contribution < 1.29 is 27.5 Å². The van der Waals surface area contributed by atoms with Gasteiger partial charge in [0.1, 0.15) is 13.2 Å². The Bertz CT molecular complexity index is 846. The number of hydrogen-bond donors (Lipinski definition) is 2. The lowest BCUT2D eigenvalue weighted by Crippen LogP contribution is -2.52. The van der Waals surface area contributed by atoms with Gasteiger partial charge in [-0.3, -0.25) is 9.59 Å². The van der Waals surface area contributed by atoms with Crippen LogP contribution < -0.4 is 10.6 Å². The molecule has 2 N–H and O–H groups in total. The van der Waals surface area contributed by atoms with Gasteiger partial charge in [-0.25, -0.2) is 0 Å². The fourth-order valence-electron chi connectivity index (χ4n) is 6.16. The second kappa shape index (κ2) is 14.9. The molecule has 0 aromatic rings. The van der Waals surface area contributed by atoms with Crippen molar-refractivity contribution in [3.63, 3.8) is 0 Å². The van der Waals surface area contributed by atoms with Gasteiger partial charge in [0.2, 0.25) is 11.8 Å². The summed E-state index contributed by atoms with van der Waals surface area (Å²) in [5.41, 5.74) is -0.902. The minimum atomic E-state index is -4.44. The largest absolute Gasteiger partial charge is 0.405 e. The van der Waals surface area contributed by atoms with Gasteiger partial charge in [0, 0.05) is 25.7 Å². The van der Waals surface area contributed by atoms with Gasteiger partial charge in [0.05, 0.1) is 5.41 Å². The zero-order valence-electron chi connectivity index (χ0n) is 22.6. The maximum absolute atomic E-state index is 13.6. The van der Waals surface area contributed by atoms with Gasteiger partial charge < -0.3 is 20.3 Å². The minimum absolute atomic E-state index is 0.0752. The molecule has 3 rings (SSSR count). The molecule has 2 amide bonds. The molecule has 0 saturated carbocycles. The van der Waals surface area contributed by atoms with Crippen LogP contribution in [0, 0.1) is 17.3 Å². The van der Waals surface area contributed by atoms with Gasteiger partial charge in [-0.15, -0.1) is 0 Å². The van der Waals surface area contributed by atoms with E-state index in [0.717, 1.165) is 64.6 Å². The summed E-state index contributed by atoms with van der Waals surface area (Å²) in [7, 11) is 0. The number of hydrogen-bond acceptors (Lipinski definition) is 4. The van der Waals surface area contributed by atoms with E-state index >= 15 is 0 Å². The highest BCUT2D eigenvalue weighted by Crippen LogP contribution is 2.48. The Hall–Kier alpha value is -2.13. The smallest absolute Gasteiger partial charge is 0.372 e. The number of likely N-dealkylation sites (tertiary alicyclic amines) is 1. The number of ether oxygens (including phenoxy) is 1. The Morgan fingerprint density at radius 3 is 2.45 bits per heavy atom. The summed E-state index contributed by atoms with van der Waals surface area (Å²) in [6, 6.07) is 0.161. The van der Waals surface area contributed by atoms with Crippen LogP contribution in [0.4, 0.5) is 13.2 Å². The average molecular weight is 540 g/mol. The molecule has 9 heteroatoms. The number of halogens is 3. The lowest BCUT2D eigenvalue weighted by Gasteiger charge is -2.45. The number of nitrogens with zero attached hydrogens (tertiary/aromatic N) is 1. The van der Waals surface area contributed by atoms with Gasteiger partial charge in [-0.1, -0.05) is 42.9 Å². The molecule has 1 aliphatic heterocycles. The van der Waals surface area contributed by atoms with Crippen molar-refractivity contribution >= 4 is 11.8 Å². The zero-order valence-corrected chi connectivity index (χ0v) is 22.6. The summed E-state index contributed by atoms with van der Waals surface area (Å²) in [4.78, 5) is 27.9. The van der Waals surface area contributed by atoms with Crippen LogP contribution in [0.15, 0.2) is 36.5 Å². The molecule has 0 aromatic carbocycles. The Morgan fingerprint density at radius 2 is 1.82 bits per heavy atom. The molecule has 3 unspecified atom stereocenters. The van der Waals surface area contributed by atoms with E-state index in [-0.39, 0.29) is 30.4 Å². The average Bonchev–Trinajstić information content (AvgIpc) is 2.92. The third kappa shape index (κ3) is 8.97. The van der Waals surface area contributed by atoms with Crippen LogP contribution in [0.25, 0.3) is 0 Å². The van der Waals surface area contributed by atoms with Gasteiger partial charge in [-0.05, 0) is 76.7 Å². The standard InChI is InChI=1S/C29H44F3N3O3/c1-2-38-21-26(36)34-25-15-19-35(20-16-25)18-10-9-17-28(23-11-5-3-6-12-23,24-13-7-4-8-14-24)27(37)33-22-29(30,31)32/h3,5-7,11,13,23-25H,2,4,8-10,12,14-22H2,1H3,(H,33,37)(H,34,36). The molecule has 0 radical (unpaired) electrons. The van der Waals surface area contributed by atoms with Crippen molar-refractivity contribution in [2.24, 2.45) is 17.3 Å². The van der Waals surface area contributed by atoms with Crippen molar-refractivity contribution in [1.82, 2.24) is 15.5 Å². The van der Waals surface area contributed by atoms with Crippen LogP contribution in [0.5, 0.6) is 0 Å². The maximum atomic E-state index is 13.6. The van der Waals surface area contributed by atoms with Crippen molar-refractivity contribution in [2.45, 2.75) is 76.9 Å². The van der Waals surface area contributed by atoms with Crippen LogP contribution in [0.3, 0.4) is 0 Å². The van der Waals surface area contributed by atoms with Crippen molar-refractivity contribution in [3.8, 4) is 0 Å². The lowest BCUT2D eigenvalue weighted by molar-refractivity contribution is -0.149. The number of carbonyl (C=O) groups is 2. The molecule has 1 saturated heterocycles. The topological polar surface area (TPSA) is 70.7 Å². The molecular weight excluding hydrogens is 495 g/mol. The lowest BCUT2D eigenvalue weighted by atomic mass is 9.59. The SMILES string of the molecule is CCOCC(=O)NC1CCN(CCCCC(C(=O)NCC(F)(F)F)(C2C=CC=CC2)C2C=CCCC2)CC1. The molecule has 6 nitrogen and oxygen atoms in total. The van der Waals surface area contributed by atoms with E-state index in [4.69, 9.17) is 4.74 Å². The third-order valence-corrected chi connectivity index (χ3v) is 8.14. The molecule has 1 fully saturated rings. The molecule has 38 heavy (non-hydrogen) atoms. The Kier molecular flexibility index (Phi) is 11.9. The third-order valence-electron chi connectivity index (χ3n) is 8.14. The second-order valence-corrected chi connectivity index (χ2v) is 10.7. The second-order valence-electron chi connectivity index (χ2n) is 10.7. The quantitative estimate of drug-likeness (QED) is 0.257. The van der Waals surface area contributed by atoms with Crippen LogP contribution in [0.1, 0.15) is 64.7 Å². The van der Waals surface area contributed by atoms with Crippen molar-refractivity contribution in [3.05, 3.63) is 36.5 Å². The Labute approximate surface area is 225 Å². The number of alkyl halides is 3. The highest BCUT2D eigenvalue weighted by atomic mass is 19.4. The molecule has 1 heterocycles. The number of unbranched alkanes of at least 4 members (excludes halogenated alkanes) is 1. The predicted octanol–water partition coefficient (Wildman–Crippen LogP) is 4.93. The summed E-state index contributed by atoms with van der Waals surface area (Å²) < 4.78 is 44.4. The van der Waals surface area contributed by atoms with E-state index in [0.29, 0.717) is 19.4 Å². The van der Waals surface area contributed by atoms with Gasteiger partial charge in [-0.2, -0.15) is 13.2 Å². The van der Waals surface area contributed by atoms with Gasteiger partial charge in [0.25, 0.3) is 0 Å². The molecule has 0 aromatic heterocycles. The Morgan fingerprint density at radius 1 is 1.03 bits per heavy atom. The van der Waals surface area contributed by atoms with E-state index in [1.54, 1.807) is 0 Å². The highest BCUT2D eigenvalue weighted by Gasteiger charge is 2.49. The molecule has 0 spiro atoms. The number of nitrogens with one attached hydrogen (secondary N) is 2. The molecule has 3 aliphatic rings. The first-order valence-electron chi connectivity index (χ1n) is 14.2. The highest BCUT2D eigenvalue weighted by molar-refractivity contribution is 5.84. The van der Waals surface area contributed by atoms with Crippen LogP contribution in [-0.2, 0) is 14.3 Å². The number of amides is 2. The minimum Gasteiger partial charge on any atom is -0.372 e. The van der Waals surface area contributed by atoms with E-state index in [1.807, 2.05) is 31.2 Å².